The van der Waals surface area contributed by atoms with Crippen molar-refractivity contribution in [2.24, 2.45) is 22.7 Å². The van der Waals surface area contributed by atoms with Gasteiger partial charge < -0.3 is 24.4 Å². The number of fused-ring (bicyclic) bond motifs is 1. The minimum atomic E-state index is -3.67. The summed E-state index contributed by atoms with van der Waals surface area (Å²) in [5.41, 5.74) is -2.39. The standard InChI is InChI=1S/C39H53N3O9S/c1-9-25-20-39(25,32(43)22-52(47,48)28-11-10-12-28)41-34(45)31-18-27(51-35-29-14-13-26(49-8)17-24(29)15-16-40-35)21-42(31)36(46)30(38(5,6)7)19-33(44)50-23-37(2,3)4/h9,13-17,25,27-28,30-31H,1,10-12,18-23H2,2-8H3,(H,41,45)/t25-,27-,30-,31+,39-/m1/s1. The Hall–Kier alpha value is -4.00. The highest BCUT2D eigenvalue weighted by Crippen LogP contribution is 2.46. The number of amides is 2. The molecular formula is C39H53N3O9S. The highest BCUT2D eigenvalue weighted by Gasteiger charge is 2.61. The zero-order valence-electron chi connectivity index (χ0n) is 31.4. The van der Waals surface area contributed by atoms with Crippen LogP contribution in [0, 0.1) is 22.7 Å². The maximum absolute atomic E-state index is 14.6. The molecule has 2 heterocycles. The van der Waals surface area contributed by atoms with Crippen molar-refractivity contribution in [2.75, 3.05) is 26.0 Å². The topological polar surface area (TPSA) is 158 Å². The number of carbonyl (C=O) groups is 4. The molecule has 3 fully saturated rings. The molecule has 1 N–H and O–H groups in total. The molecule has 0 radical (unpaired) electrons. The first kappa shape index (κ1) is 39.2. The van der Waals surface area contributed by atoms with Crippen molar-refractivity contribution < 1.29 is 41.8 Å². The molecule has 0 unspecified atom stereocenters. The number of methoxy groups -OCH3 is 1. The van der Waals surface area contributed by atoms with E-state index < -0.39 is 79.3 Å². The smallest absolute Gasteiger partial charge is 0.306 e. The highest BCUT2D eigenvalue weighted by atomic mass is 32.2. The van der Waals surface area contributed by atoms with Crippen molar-refractivity contribution in [3.8, 4) is 11.6 Å². The lowest BCUT2D eigenvalue weighted by molar-refractivity contribution is -0.155. The average molecular weight is 740 g/mol. The summed E-state index contributed by atoms with van der Waals surface area (Å²) in [6.45, 7) is 15.4. The maximum atomic E-state index is 14.6. The van der Waals surface area contributed by atoms with Gasteiger partial charge in [0.2, 0.25) is 17.7 Å². The zero-order valence-corrected chi connectivity index (χ0v) is 32.2. The van der Waals surface area contributed by atoms with Crippen LogP contribution in [0.25, 0.3) is 10.8 Å². The number of benzene rings is 1. The number of sulfone groups is 1. The lowest BCUT2D eigenvalue weighted by Gasteiger charge is -2.35. The molecule has 1 aromatic carbocycles. The van der Waals surface area contributed by atoms with E-state index in [0.29, 0.717) is 29.9 Å². The second-order valence-electron chi connectivity index (χ2n) is 16.8. The molecule has 3 aliphatic rings. The van der Waals surface area contributed by atoms with Crippen LogP contribution in [0.1, 0.15) is 80.1 Å². The summed E-state index contributed by atoms with van der Waals surface area (Å²) in [6, 6.07) is 6.21. The summed E-state index contributed by atoms with van der Waals surface area (Å²) in [5.74, 6) is -3.10. The van der Waals surface area contributed by atoms with Crippen molar-refractivity contribution in [1.29, 1.82) is 0 Å². The van der Waals surface area contributed by atoms with Gasteiger partial charge in [-0.25, -0.2) is 13.4 Å². The quantitative estimate of drug-likeness (QED) is 0.210. The van der Waals surface area contributed by atoms with E-state index >= 15 is 0 Å². The molecule has 1 aliphatic heterocycles. The third-order valence-electron chi connectivity index (χ3n) is 10.5. The molecule has 13 heteroatoms. The monoisotopic (exact) mass is 739 g/mol. The number of hydrogen-bond acceptors (Lipinski definition) is 10. The van der Waals surface area contributed by atoms with Crippen LogP contribution in [-0.4, -0.2) is 90.8 Å². The zero-order chi connectivity index (χ0) is 38.2. The van der Waals surface area contributed by atoms with Crippen molar-refractivity contribution in [1.82, 2.24) is 15.2 Å². The summed E-state index contributed by atoms with van der Waals surface area (Å²) >= 11 is 0. The molecule has 1 aromatic heterocycles. The van der Waals surface area contributed by atoms with Crippen molar-refractivity contribution in [2.45, 2.75) is 103 Å². The van der Waals surface area contributed by atoms with Crippen LogP contribution in [-0.2, 0) is 33.8 Å². The van der Waals surface area contributed by atoms with Crippen molar-refractivity contribution in [3.63, 3.8) is 0 Å². The van der Waals surface area contributed by atoms with Gasteiger partial charge in [-0.05, 0) is 59.7 Å². The van der Waals surface area contributed by atoms with Crippen LogP contribution in [0.5, 0.6) is 11.6 Å². The summed E-state index contributed by atoms with van der Waals surface area (Å²) in [5, 5.41) is 3.88. The molecule has 2 aliphatic carbocycles. The van der Waals surface area contributed by atoms with Crippen LogP contribution in [0.4, 0.5) is 0 Å². The number of carbonyl (C=O) groups excluding carboxylic acids is 4. The normalized spacial score (nSPS) is 24.1. The molecule has 52 heavy (non-hydrogen) atoms. The number of pyridine rings is 1. The minimum absolute atomic E-state index is 0.0106. The Labute approximate surface area is 306 Å². The number of aromatic nitrogens is 1. The predicted molar refractivity (Wildman–Crippen MR) is 196 cm³/mol. The van der Waals surface area contributed by atoms with E-state index in [1.165, 1.54) is 4.90 Å². The van der Waals surface area contributed by atoms with Crippen LogP contribution >= 0.6 is 0 Å². The van der Waals surface area contributed by atoms with Crippen molar-refractivity contribution in [3.05, 3.63) is 43.1 Å². The average Bonchev–Trinajstić information content (AvgIpc) is 3.59. The van der Waals surface area contributed by atoms with E-state index in [1.807, 2.05) is 59.7 Å². The molecule has 2 amide bonds. The van der Waals surface area contributed by atoms with E-state index in [9.17, 15) is 27.6 Å². The van der Waals surface area contributed by atoms with Crippen LogP contribution in [0.3, 0.4) is 0 Å². The second kappa shape index (κ2) is 14.8. The fourth-order valence-corrected chi connectivity index (χ4v) is 8.85. The fraction of sp³-hybridized carbons (Fsp3) is 0.615. The SMILES string of the molecule is C=C[C@@H]1C[C@]1(NC(=O)[C@@H]1C[C@@H](Oc2nccc3cc(OC)ccc23)CN1C(=O)[C@@H](CC(=O)OCC(C)(C)C)C(C)(C)C)C(=O)CS(=O)(=O)C1CCC1. The van der Waals surface area contributed by atoms with E-state index in [1.54, 1.807) is 25.4 Å². The van der Waals surface area contributed by atoms with Gasteiger partial charge in [0.15, 0.2) is 15.6 Å². The number of Topliss-reactive ketones (excluding diaryl/α,β-unsaturated/α-hetero) is 1. The van der Waals surface area contributed by atoms with Gasteiger partial charge in [0, 0.05) is 23.9 Å². The molecular weight excluding hydrogens is 687 g/mol. The van der Waals surface area contributed by atoms with E-state index in [2.05, 4.69) is 16.9 Å². The van der Waals surface area contributed by atoms with Gasteiger partial charge >= 0.3 is 5.97 Å². The summed E-state index contributed by atoms with van der Waals surface area (Å²) in [6.07, 6.45) is 4.43. The number of likely N-dealkylation sites (tertiary alicyclic amines) is 1. The molecule has 2 saturated carbocycles. The Morgan fingerprint density at radius 2 is 1.83 bits per heavy atom. The molecule has 5 rings (SSSR count). The fourth-order valence-electron chi connectivity index (χ4n) is 6.94. The first-order valence-corrected chi connectivity index (χ1v) is 19.7. The first-order chi connectivity index (χ1) is 24.3. The Morgan fingerprint density at radius 3 is 2.40 bits per heavy atom. The highest BCUT2D eigenvalue weighted by molar-refractivity contribution is 7.92. The van der Waals surface area contributed by atoms with Crippen molar-refractivity contribution >= 4 is 44.2 Å². The molecule has 5 atom stereocenters. The number of hydrogen-bond donors (Lipinski definition) is 1. The van der Waals surface area contributed by atoms with Gasteiger partial charge in [0.05, 0.1) is 37.9 Å². The first-order valence-electron chi connectivity index (χ1n) is 18.0. The maximum Gasteiger partial charge on any atom is 0.306 e. The van der Waals surface area contributed by atoms with Crippen LogP contribution in [0.15, 0.2) is 43.1 Å². The molecule has 0 bridgehead atoms. The lowest BCUT2D eigenvalue weighted by atomic mass is 9.77. The van der Waals surface area contributed by atoms with Crippen LogP contribution < -0.4 is 14.8 Å². The second-order valence-corrected chi connectivity index (χ2v) is 19.1. The van der Waals surface area contributed by atoms with E-state index in [0.717, 1.165) is 11.8 Å². The predicted octanol–water partition coefficient (Wildman–Crippen LogP) is 4.83. The van der Waals surface area contributed by atoms with Gasteiger partial charge in [0.25, 0.3) is 0 Å². The Bertz CT molecular complexity index is 1830. The number of nitrogens with one attached hydrogen (secondary N) is 1. The van der Waals surface area contributed by atoms with Gasteiger partial charge in [-0.2, -0.15) is 0 Å². The third kappa shape index (κ3) is 8.61. The Morgan fingerprint density at radius 1 is 1.12 bits per heavy atom. The van der Waals surface area contributed by atoms with E-state index in [4.69, 9.17) is 14.2 Å². The van der Waals surface area contributed by atoms with Gasteiger partial charge in [-0.15, -0.1) is 6.58 Å². The summed E-state index contributed by atoms with van der Waals surface area (Å²) in [4.78, 5) is 61.5. The lowest BCUT2D eigenvalue weighted by Crippen LogP contribution is -2.55. The molecule has 0 spiro atoms. The Balaban J connectivity index is 1.43. The van der Waals surface area contributed by atoms with Crippen LogP contribution in [0.2, 0.25) is 0 Å². The molecule has 1 saturated heterocycles. The Kier molecular flexibility index (Phi) is 11.2. The third-order valence-corrected chi connectivity index (χ3v) is 12.6. The van der Waals surface area contributed by atoms with Gasteiger partial charge in [0.1, 0.15) is 29.2 Å². The number of rotatable bonds is 14. The molecule has 2 aromatic rings. The van der Waals surface area contributed by atoms with Gasteiger partial charge in [-0.3, -0.25) is 19.2 Å². The minimum Gasteiger partial charge on any atom is -0.497 e. The molecule has 12 nitrogen and oxygen atoms in total. The van der Waals surface area contributed by atoms with E-state index in [-0.39, 0.29) is 37.8 Å². The molecule has 284 valence electrons. The van der Waals surface area contributed by atoms with Gasteiger partial charge in [-0.1, -0.05) is 54.0 Å². The number of nitrogens with zero attached hydrogens (tertiary/aromatic N) is 2. The summed E-state index contributed by atoms with van der Waals surface area (Å²) in [7, 11) is -2.10. The number of esters is 1. The summed E-state index contributed by atoms with van der Waals surface area (Å²) < 4.78 is 43.3. The number of ether oxygens (including phenoxy) is 3. The number of ketones is 1. The largest absolute Gasteiger partial charge is 0.497 e.